The molecule has 94 valence electrons. The molecule has 0 saturated carbocycles. The molecule has 1 amide bonds. The number of halogens is 1. The van der Waals surface area contributed by atoms with Crippen LogP contribution in [0.15, 0.2) is 18.2 Å². The Balaban J connectivity index is 2.68. The Kier molecular flexibility index (Phi) is 4.75. The minimum absolute atomic E-state index is 0.00197. The number of hydrogen-bond acceptors (Lipinski definition) is 1. The number of nitrogens with one attached hydrogen (secondary N) is 1. The lowest BCUT2D eigenvalue weighted by atomic mass is 9.96. The Morgan fingerprint density at radius 1 is 1.29 bits per heavy atom. The quantitative estimate of drug-likeness (QED) is 0.848. The normalized spacial score (nSPS) is 11.4. The molecule has 0 heterocycles. The molecule has 0 aliphatic rings. The van der Waals surface area contributed by atoms with Gasteiger partial charge in [-0.2, -0.15) is 0 Å². The van der Waals surface area contributed by atoms with Gasteiger partial charge in [0.15, 0.2) is 0 Å². The fourth-order valence-electron chi connectivity index (χ4n) is 1.35. The zero-order valence-electron chi connectivity index (χ0n) is 10.9. The van der Waals surface area contributed by atoms with Crippen LogP contribution in [-0.4, -0.2) is 17.8 Å². The Labute approximate surface area is 112 Å². The first-order chi connectivity index (χ1) is 7.85. The standard InChI is InChI=1S/C14H20BrNO/c1-10-5-6-12(7-11(10)2)13(17)16-9-14(3,4)8-15/h5-7H,8-9H2,1-4H3,(H,16,17). The first-order valence-electron chi connectivity index (χ1n) is 5.77. The Morgan fingerprint density at radius 3 is 2.47 bits per heavy atom. The summed E-state index contributed by atoms with van der Waals surface area (Å²) in [6, 6.07) is 5.80. The minimum Gasteiger partial charge on any atom is -0.351 e. The van der Waals surface area contributed by atoms with Crippen LogP contribution in [0.25, 0.3) is 0 Å². The summed E-state index contributed by atoms with van der Waals surface area (Å²) in [4.78, 5) is 11.9. The number of aryl methyl sites for hydroxylation is 2. The van der Waals surface area contributed by atoms with Gasteiger partial charge in [-0.1, -0.05) is 35.8 Å². The van der Waals surface area contributed by atoms with Gasteiger partial charge < -0.3 is 5.32 Å². The second kappa shape index (κ2) is 5.67. The van der Waals surface area contributed by atoms with Crippen LogP contribution < -0.4 is 5.32 Å². The average Bonchev–Trinajstić information content (AvgIpc) is 2.30. The van der Waals surface area contributed by atoms with Gasteiger partial charge in [0.2, 0.25) is 0 Å². The van der Waals surface area contributed by atoms with Crippen LogP contribution in [0.1, 0.15) is 35.3 Å². The molecular formula is C14H20BrNO. The largest absolute Gasteiger partial charge is 0.351 e. The lowest BCUT2D eigenvalue weighted by Crippen LogP contribution is -2.34. The van der Waals surface area contributed by atoms with E-state index < -0.39 is 0 Å². The molecule has 1 rings (SSSR count). The Hall–Kier alpha value is -0.830. The summed E-state index contributed by atoms with van der Waals surface area (Å²) >= 11 is 3.45. The molecule has 0 saturated heterocycles. The van der Waals surface area contributed by atoms with Gasteiger partial charge in [0.25, 0.3) is 5.91 Å². The Bertz CT molecular complexity index is 413. The van der Waals surface area contributed by atoms with Gasteiger partial charge in [0.05, 0.1) is 0 Å². The highest BCUT2D eigenvalue weighted by molar-refractivity contribution is 9.09. The van der Waals surface area contributed by atoms with Gasteiger partial charge in [0.1, 0.15) is 0 Å². The van der Waals surface area contributed by atoms with Crippen molar-refractivity contribution in [2.24, 2.45) is 5.41 Å². The number of benzene rings is 1. The van der Waals surface area contributed by atoms with Gasteiger partial charge in [-0.05, 0) is 42.5 Å². The van der Waals surface area contributed by atoms with Crippen molar-refractivity contribution in [3.63, 3.8) is 0 Å². The zero-order valence-corrected chi connectivity index (χ0v) is 12.5. The Morgan fingerprint density at radius 2 is 1.94 bits per heavy atom. The fraction of sp³-hybridized carbons (Fsp3) is 0.500. The molecule has 0 aliphatic heterocycles. The SMILES string of the molecule is Cc1ccc(C(=O)NCC(C)(C)CBr)cc1C. The molecule has 1 N–H and O–H groups in total. The van der Waals surface area contributed by atoms with Crippen molar-refractivity contribution < 1.29 is 4.79 Å². The molecule has 0 bridgehead atoms. The first kappa shape index (κ1) is 14.2. The number of hydrogen-bond donors (Lipinski definition) is 1. The third kappa shape index (κ3) is 4.15. The van der Waals surface area contributed by atoms with E-state index in [2.05, 4.69) is 35.1 Å². The van der Waals surface area contributed by atoms with Crippen LogP contribution in [0.5, 0.6) is 0 Å². The van der Waals surface area contributed by atoms with E-state index >= 15 is 0 Å². The van der Waals surface area contributed by atoms with E-state index in [1.165, 1.54) is 5.56 Å². The predicted octanol–water partition coefficient (Wildman–Crippen LogP) is 3.45. The van der Waals surface area contributed by atoms with Crippen molar-refractivity contribution in [3.05, 3.63) is 34.9 Å². The average molecular weight is 298 g/mol. The van der Waals surface area contributed by atoms with E-state index in [4.69, 9.17) is 0 Å². The molecule has 0 aliphatic carbocycles. The van der Waals surface area contributed by atoms with E-state index in [-0.39, 0.29) is 11.3 Å². The molecule has 3 heteroatoms. The first-order valence-corrected chi connectivity index (χ1v) is 6.89. The number of carbonyl (C=O) groups is 1. The second-order valence-electron chi connectivity index (χ2n) is 5.28. The van der Waals surface area contributed by atoms with Crippen molar-refractivity contribution in [2.45, 2.75) is 27.7 Å². The summed E-state index contributed by atoms with van der Waals surface area (Å²) in [7, 11) is 0. The maximum absolute atomic E-state index is 11.9. The van der Waals surface area contributed by atoms with Crippen molar-refractivity contribution >= 4 is 21.8 Å². The van der Waals surface area contributed by atoms with Gasteiger partial charge in [-0.15, -0.1) is 0 Å². The van der Waals surface area contributed by atoms with E-state index in [0.717, 1.165) is 16.5 Å². The predicted molar refractivity (Wildman–Crippen MR) is 75.8 cm³/mol. The smallest absolute Gasteiger partial charge is 0.251 e. The van der Waals surface area contributed by atoms with Gasteiger partial charge >= 0.3 is 0 Å². The molecule has 0 atom stereocenters. The summed E-state index contributed by atoms with van der Waals surface area (Å²) in [6.07, 6.45) is 0. The molecule has 17 heavy (non-hydrogen) atoms. The molecular weight excluding hydrogens is 278 g/mol. The van der Waals surface area contributed by atoms with Crippen LogP contribution >= 0.6 is 15.9 Å². The highest BCUT2D eigenvalue weighted by Gasteiger charge is 2.17. The highest BCUT2D eigenvalue weighted by atomic mass is 79.9. The van der Waals surface area contributed by atoms with E-state index in [0.29, 0.717) is 6.54 Å². The summed E-state index contributed by atoms with van der Waals surface area (Å²) in [6.45, 7) is 8.97. The van der Waals surface area contributed by atoms with Crippen LogP contribution in [-0.2, 0) is 0 Å². The summed E-state index contributed by atoms with van der Waals surface area (Å²) in [5.41, 5.74) is 3.17. The topological polar surface area (TPSA) is 29.1 Å². The molecule has 0 unspecified atom stereocenters. The molecule has 0 spiro atoms. The molecule has 0 fully saturated rings. The third-order valence-electron chi connectivity index (χ3n) is 2.86. The number of carbonyl (C=O) groups excluding carboxylic acids is 1. The maximum atomic E-state index is 11.9. The van der Waals surface area contributed by atoms with E-state index in [9.17, 15) is 4.79 Å². The molecule has 1 aromatic carbocycles. The van der Waals surface area contributed by atoms with Crippen LogP contribution in [0.3, 0.4) is 0 Å². The minimum atomic E-state index is 0.00197. The van der Waals surface area contributed by atoms with Crippen molar-refractivity contribution in [2.75, 3.05) is 11.9 Å². The summed E-state index contributed by atoms with van der Waals surface area (Å²) in [5, 5.41) is 3.84. The van der Waals surface area contributed by atoms with Crippen molar-refractivity contribution in [1.82, 2.24) is 5.32 Å². The van der Waals surface area contributed by atoms with Gasteiger partial charge in [-0.3, -0.25) is 4.79 Å². The van der Waals surface area contributed by atoms with E-state index in [1.54, 1.807) is 0 Å². The van der Waals surface area contributed by atoms with Crippen molar-refractivity contribution in [1.29, 1.82) is 0 Å². The third-order valence-corrected chi connectivity index (χ3v) is 4.38. The highest BCUT2D eigenvalue weighted by Crippen LogP contribution is 2.17. The number of rotatable bonds is 4. The maximum Gasteiger partial charge on any atom is 0.251 e. The summed E-state index contributed by atoms with van der Waals surface area (Å²) < 4.78 is 0. The van der Waals surface area contributed by atoms with Crippen LogP contribution in [0.4, 0.5) is 0 Å². The van der Waals surface area contributed by atoms with Gasteiger partial charge in [0, 0.05) is 17.4 Å². The van der Waals surface area contributed by atoms with Crippen molar-refractivity contribution in [3.8, 4) is 0 Å². The van der Waals surface area contributed by atoms with E-state index in [1.807, 2.05) is 32.0 Å². The lowest BCUT2D eigenvalue weighted by molar-refractivity contribution is 0.0940. The monoisotopic (exact) mass is 297 g/mol. The molecule has 2 nitrogen and oxygen atoms in total. The second-order valence-corrected chi connectivity index (χ2v) is 5.84. The molecule has 0 radical (unpaired) electrons. The number of alkyl halides is 1. The fourth-order valence-corrected chi connectivity index (χ4v) is 1.55. The summed E-state index contributed by atoms with van der Waals surface area (Å²) in [5.74, 6) is 0.00197. The van der Waals surface area contributed by atoms with Gasteiger partial charge in [-0.25, -0.2) is 0 Å². The van der Waals surface area contributed by atoms with Crippen LogP contribution in [0, 0.1) is 19.3 Å². The number of amides is 1. The molecule has 0 aromatic heterocycles. The zero-order chi connectivity index (χ0) is 13.1. The van der Waals surface area contributed by atoms with Crippen LogP contribution in [0.2, 0.25) is 0 Å². The lowest BCUT2D eigenvalue weighted by Gasteiger charge is -2.21. The molecule has 1 aromatic rings.